The van der Waals surface area contributed by atoms with Crippen molar-refractivity contribution in [3.63, 3.8) is 0 Å². The van der Waals surface area contributed by atoms with Crippen LogP contribution in [0.1, 0.15) is 56.9 Å². The number of rotatable bonds is 5. The predicted molar refractivity (Wildman–Crippen MR) is 81.8 cm³/mol. The Morgan fingerprint density at radius 3 is 2.58 bits per heavy atom. The molecule has 1 nitrogen and oxygen atoms in total. The van der Waals surface area contributed by atoms with Crippen molar-refractivity contribution in [2.45, 2.75) is 57.4 Å². The van der Waals surface area contributed by atoms with Gasteiger partial charge in [-0.15, -0.1) is 0 Å². The average Bonchev–Trinajstić information content (AvgIpc) is 2.32. The number of hydrogen-bond donors (Lipinski definition) is 1. The predicted octanol–water partition coefficient (Wildman–Crippen LogP) is 4.76. The van der Waals surface area contributed by atoms with Gasteiger partial charge in [0.15, 0.2) is 0 Å². The molecule has 104 valence electrons. The Hall–Kier alpha value is -0.530. The first-order valence-corrected chi connectivity index (χ1v) is 8.08. The number of hydrogen-bond acceptors (Lipinski definition) is 1. The van der Waals surface area contributed by atoms with Crippen molar-refractivity contribution in [3.8, 4) is 0 Å². The zero-order chi connectivity index (χ0) is 13.3. The second-order valence-corrected chi connectivity index (χ2v) is 6.88. The zero-order valence-corrected chi connectivity index (χ0v) is 12.5. The van der Waals surface area contributed by atoms with Crippen molar-refractivity contribution in [3.05, 3.63) is 34.9 Å². The third kappa shape index (κ3) is 2.68. The molecule has 0 heterocycles. The summed E-state index contributed by atoms with van der Waals surface area (Å²) in [5.41, 5.74) is 1.98. The second kappa shape index (κ2) is 5.46. The summed E-state index contributed by atoms with van der Waals surface area (Å²) in [6.45, 7) is 3.57. The third-order valence-corrected chi connectivity index (χ3v) is 5.76. The van der Waals surface area contributed by atoms with E-state index in [0.717, 1.165) is 5.02 Å². The largest absolute Gasteiger partial charge is 0.313 e. The minimum atomic E-state index is 0.634. The van der Waals surface area contributed by atoms with Crippen LogP contribution in [0.5, 0.6) is 0 Å². The Kier molecular flexibility index (Phi) is 3.86. The van der Waals surface area contributed by atoms with Crippen LogP contribution in [0.2, 0.25) is 5.02 Å². The first-order chi connectivity index (χ1) is 9.22. The van der Waals surface area contributed by atoms with Gasteiger partial charge >= 0.3 is 0 Å². The van der Waals surface area contributed by atoms with Gasteiger partial charge in [0.05, 0.1) is 0 Å². The van der Waals surface area contributed by atoms with Gasteiger partial charge in [0, 0.05) is 17.6 Å². The average molecular weight is 278 g/mol. The van der Waals surface area contributed by atoms with E-state index in [1.54, 1.807) is 0 Å². The molecule has 19 heavy (non-hydrogen) atoms. The molecule has 2 heteroatoms. The van der Waals surface area contributed by atoms with Crippen molar-refractivity contribution in [1.29, 1.82) is 0 Å². The van der Waals surface area contributed by atoms with Crippen LogP contribution in [0.15, 0.2) is 24.3 Å². The Labute approximate surface area is 121 Å². The van der Waals surface area contributed by atoms with E-state index >= 15 is 0 Å². The summed E-state index contributed by atoms with van der Waals surface area (Å²) in [5.74, 6) is 0.671. The lowest BCUT2D eigenvalue weighted by molar-refractivity contribution is 0.109. The van der Waals surface area contributed by atoms with Crippen LogP contribution >= 0.6 is 11.6 Å². The highest BCUT2D eigenvalue weighted by atomic mass is 35.5. The van der Waals surface area contributed by atoms with Crippen molar-refractivity contribution < 1.29 is 0 Å². The lowest BCUT2D eigenvalue weighted by atomic mass is 9.66. The van der Waals surface area contributed by atoms with Gasteiger partial charge in [0.2, 0.25) is 0 Å². The Balaban J connectivity index is 1.47. The van der Waals surface area contributed by atoms with E-state index in [1.165, 1.54) is 50.6 Å². The first-order valence-electron chi connectivity index (χ1n) is 7.70. The van der Waals surface area contributed by atoms with E-state index in [9.17, 15) is 0 Å². The molecule has 0 unspecified atom stereocenters. The quantitative estimate of drug-likeness (QED) is 0.818. The maximum atomic E-state index is 6.26. The molecule has 2 aliphatic rings. The fourth-order valence-corrected chi connectivity index (χ4v) is 3.83. The van der Waals surface area contributed by atoms with Crippen molar-refractivity contribution in [1.82, 2.24) is 5.32 Å². The van der Waals surface area contributed by atoms with Gasteiger partial charge in [-0.1, -0.05) is 43.1 Å². The molecule has 0 amide bonds. The van der Waals surface area contributed by atoms with Gasteiger partial charge < -0.3 is 5.32 Å². The van der Waals surface area contributed by atoms with Gasteiger partial charge in [-0.25, -0.2) is 0 Å². The number of nitrogens with one attached hydrogen (secondary N) is 1. The summed E-state index contributed by atoms with van der Waals surface area (Å²) in [6, 6.07) is 9.02. The molecule has 0 saturated heterocycles. The van der Waals surface area contributed by atoms with Crippen LogP contribution in [-0.2, 0) is 0 Å². The standard InChI is InChI=1S/C17H24ClN/c1-2-17(8-5-9-17)12-19-14-10-13(11-14)15-6-3-4-7-16(15)18/h3-4,6-7,13-14,19H,2,5,8-12H2,1H3. The molecule has 0 bridgehead atoms. The molecule has 0 spiro atoms. The van der Waals surface area contributed by atoms with Crippen LogP contribution in [0.3, 0.4) is 0 Å². The van der Waals surface area contributed by atoms with Gasteiger partial charge in [-0.3, -0.25) is 0 Å². The minimum Gasteiger partial charge on any atom is -0.313 e. The van der Waals surface area contributed by atoms with E-state index in [4.69, 9.17) is 11.6 Å². The van der Waals surface area contributed by atoms with E-state index in [1.807, 2.05) is 12.1 Å². The number of benzene rings is 1. The summed E-state index contributed by atoms with van der Waals surface area (Å²) in [5, 5.41) is 4.73. The fourth-order valence-electron chi connectivity index (χ4n) is 3.54. The highest BCUT2D eigenvalue weighted by Gasteiger charge is 2.37. The van der Waals surface area contributed by atoms with Crippen molar-refractivity contribution in [2.75, 3.05) is 6.54 Å². The monoisotopic (exact) mass is 277 g/mol. The Morgan fingerprint density at radius 1 is 1.26 bits per heavy atom. The molecule has 1 aromatic rings. The van der Waals surface area contributed by atoms with Gasteiger partial charge in [0.25, 0.3) is 0 Å². The van der Waals surface area contributed by atoms with Crippen LogP contribution in [0.25, 0.3) is 0 Å². The van der Waals surface area contributed by atoms with Gasteiger partial charge in [0.1, 0.15) is 0 Å². The minimum absolute atomic E-state index is 0.634. The highest BCUT2D eigenvalue weighted by Crippen LogP contribution is 2.44. The molecule has 0 radical (unpaired) electrons. The maximum absolute atomic E-state index is 6.26. The maximum Gasteiger partial charge on any atom is 0.0440 e. The lowest BCUT2D eigenvalue weighted by Crippen LogP contribution is -2.47. The third-order valence-electron chi connectivity index (χ3n) is 5.41. The first kappa shape index (κ1) is 13.5. The summed E-state index contributed by atoms with van der Waals surface area (Å²) >= 11 is 6.26. The molecular formula is C17H24ClN. The smallest absolute Gasteiger partial charge is 0.0440 e. The second-order valence-electron chi connectivity index (χ2n) is 6.47. The van der Waals surface area contributed by atoms with Crippen LogP contribution in [-0.4, -0.2) is 12.6 Å². The Morgan fingerprint density at radius 2 is 2.00 bits per heavy atom. The van der Waals surface area contributed by atoms with Crippen LogP contribution < -0.4 is 5.32 Å². The van der Waals surface area contributed by atoms with E-state index in [2.05, 4.69) is 24.4 Å². The van der Waals surface area contributed by atoms with E-state index in [-0.39, 0.29) is 0 Å². The van der Waals surface area contributed by atoms with Crippen LogP contribution in [0.4, 0.5) is 0 Å². The Bertz CT molecular complexity index is 427. The molecule has 2 aliphatic carbocycles. The molecule has 2 fully saturated rings. The summed E-state index contributed by atoms with van der Waals surface area (Å²) < 4.78 is 0. The topological polar surface area (TPSA) is 12.0 Å². The van der Waals surface area contributed by atoms with Crippen LogP contribution in [0, 0.1) is 5.41 Å². The normalized spacial score (nSPS) is 28.5. The van der Waals surface area contributed by atoms with E-state index in [0.29, 0.717) is 17.4 Å². The molecule has 1 aromatic carbocycles. The number of halogens is 1. The summed E-state index contributed by atoms with van der Waals surface area (Å²) in [4.78, 5) is 0. The SMILES string of the molecule is CCC1(CNC2CC(c3ccccc3Cl)C2)CCC1. The molecule has 2 saturated carbocycles. The molecular weight excluding hydrogens is 254 g/mol. The van der Waals surface area contributed by atoms with Crippen molar-refractivity contribution >= 4 is 11.6 Å². The summed E-state index contributed by atoms with van der Waals surface area (Å²) in [7, 11) is 0. The molecule has 1 N–H and O–H groups in total. The van der Waals surface area contributed by atoms with Crippen molar-refractivity contribution in [2.24, 2.45) is 5.41 Å². The molecule has 0 atom stereocenters. The van der Waals surface area contributed by atoms with Gasteiger partial charge in [-0.2, -0.15) is 0 Å². The fraction of sp³-hybridized carbons (Fsp3) is 0.647. The zero-order valence-electron chi connectivity index (χ0n) is 11.8. The summed E-state index contributed by atoms with van der Waals surface area (Å²) in [6.07, 6.45) is 8.13. The lowest BCUT2D eigenvalue weighted by Gasteiger charge is -2.45. The molecule has 3 rings (SSSR count). The van der Waals surface area contributed by atoms with E-state index < -0.39 is 0 Å². The molecule has 0 aliphatic heterocycles. The highest BCUT2D eigenvalue weighted by molar-refractivity contribution is 6.31. The molecule has 0 aromatic heterocycles. The van der Waals surface area contributed by atoms with Gasteiger partial charge in [-0.05, 0) is 55.1 Å².